The first kappa shape index (κ1) is 5.55. The molecule has 4 rings (SSSR count). The summed E-state index contributed by atoms with van der Waals surface area (Å²) in [6, 6.07) is 0. The molecule has 2 aliphatic heterocycles. The van der Waals surface area contributed by atoms with Crippen molar-refractivity contribution in [2.24, 2.45) is 11.8 Å². The highest BCUT2D eigenvalue weighted by Gasteiger charge is 2.61. The van der Waals surface area contributed by atoms with Crippen molar-refractivity contribution in [3.05, 3.63) is 0 Å². The van der Waals surface area contributed by atoms with Gasteiger partial charge in [0.15, 0.2) is 0 Å². The van der Waals surface area contributed by atoms with Crippen LogP contribution in [0.4, 0.5) is 0 Å². The highest BCUT2D eigenvalue weighted by Crippen LogP contribution is 2.56. The van der Waals surface area contributed by atoms with Gasteiger partial charge in [-0.3, -0.25) is 0 Å². The van der Waals surface area contributed by atoms with E-state index in [1.54, 1.807) is 0 Å². The van der Waals surface area contributed by atoms with Crippen molar-refractivity contribution in [1.29, 1.82) is 0 Å². The maximum Gasteiger partial charge on any atom is 0.0873 e. The van der Waals surface area contributed by atoms with Crippen molar-refractivity contribution >= 4 is 0 Å². The molecule has 0 spiro atoms. The van der Waals surface area contributed by atoms with E-state index in [1.165, 1.54) is 19.3 Å². The van der Waals surface area contributed by atoms with E-state index in [0.717, 1.165) is 11.8 Å². The third-order valence-corrected chi connectivity index (χ3v) is 3.91. The Labute approximate surface area is 65.9 Å². The molecule has 2 saturated heterocycles. The van der Waals surface area contributed by atoms with Gasteiger partial charge in [0.1, 0.15) is 0 Å². The normalized spacial score (nSPS) is 69.8. The summed E-state index contributed by atoms with van der Waals surface area (Å²) in [5.74, 6) is 1.84. The average Bonchev–Trinajstić information content (AvgIpc) is 2.84. The minimum atomic E-state index is 0.638. The zero-order valence-electron chi connectivity index (χ0n) is 6.40. The van der Waals surface area contributed by atoms with Crippen molar-refractivity contribution in [2.75, 3.05) is 0 Å². The van der Waals surface area contributed by atoms with Crippen molar-refractivity contribution in [3.8, 4) is 0 Å². The highest BCUT2D eigenvalue weighted by molar-refractivity contribution is 5.09. The van der Waals surface area contributed by atoms with Gasteiger partial charge < -0.3 is 9.47 Å². The van der Waals surface area contributed by atoms with Gasteiger partial charge >= 0.3 is 0 Å². The van der Waals surface area contributed by atoms with E-state index in [9.17, 15) is 0 Å². The molecular weight excluding hydrogens is 140 g/mol. The van der Waals surface area contributed by atoms with Crippen molar-refractivity contribution in [2.45, 2.75) is 43.7 Å². The topological polar surface area (TPSA) is 25.1 Å². The Kier molecular flexibility index (Phi) is 0.758. The molecule has 4 fully saturated rings. The molecule has 0 aromatic carbocycles. The van der Waals surface area contributed by atoms with Crippen molar-refractivity contribution < 1.29 is 9.47 Å². The van der Waals surface area contributed by atoms with Crippen LogP contribution in [-0.2, 0) is 9.47 Å². The maximum atomic E-state index is 5.53. The molecule has 0 amide bonds. The zero-order chi connectivity index (χ0) is 7.00. The summed E-state index contributed by atoms with van der Waals surface area (Å²) in [5.41, 5.74) is 0. The van der Waals surface area contributed by atoms with E-state index < -0.39 is 0 Å². The predicted molar refractivity (Wildman–Crippen MR) is 38.2 cm³/mol. The van der Waals surface area contributed by atoms with Crippen LogP contribution in [0.15, 0.2) is 0 Å². The van der Waals surface area contributed by atoms with Crippen LogP contribution in [0.2, 0.25) is 0 Å². The van der Waals surface area contributed by atoms with Gasteiger partial charge in [-0.05, 0) is 31.1 Å². The molecule has 2 saturated carbocycles. The Morgan fingerprint density at radius 3 is 2.64 bits per heavy atom. The lowest BCUT2D eigenvalue weighted by molar-refractivity contribution is 0.171. The lowest BCUT2D eigenvalue weighted by Crippen LogP contribution is -2.24. The Morgan fingerprint density at radius 2 is 1.64 bits per heavy atom. The zero-order valence-corrected chi connectivity index (χ0v) is 6.40. The Balaban J connectivity index is 1.65. The molecule has 0 aromatic heterocycles. The molecule has 4 aliphatic rings. The minimum Gasteiger partial charge on any atom is -0.370 e. The monoisotopic (exact) mass is 152 g/mol. The van der Waals surface area contributed by atoms with Gasteiger partial charge in [0.2, 0.25) is 0 Å². The van der Waals surface area contributed by atoms with Gasteiger partial charge in [0.05, 0.1) is 24.4 Å². The predicted octanol–water partition coefficient (Wildman–Crippen LogP) is 0.951. The second-order valence-electron chi connectivity index (χ2n) is 4.48. The summed E-state index contributed by atoms with van der Waals surface area (Å²) in [6.45, 7) is 0. The molecule has 2 aliphatic carbocycles. The Morgan fingerprint density at radius 1 is 0.818 bits per heavy atom. The minimum absolute atomic E-state index is 0.638. The summed E-state index contributed by atoms with van der Waals surface area (Å²) >= 11 is 0. The fourth-order valence-corrected chi connectivity index (χ4v) is 3.22. The second-order valence-corrected chi connectivity index (χ2v) is 4.48. The standard InChI is InChI=1S/C9H12O2/c1-4-2-8-9(11-8)5(4)3-7-6(1)10-7/h4-9H,1-3H2/t4-,5+,6+,7+,8+,9-/m0/s1. The SMILES string of the molecule is C1[C@@H]2C[C@H]3O[C@@H]3C[C@H]2[C@@H]2O[C@H]12. The van der Waals surface area contributed by atoms with Crippen LogP contribution >= 0.6 is 0 Å². The third-order valence-electron chi connectivity index (χ3n) is 3.91. The number of fused-ring (bicyclic) bond motifs is 4. The van der Waals surface area contributed by atoms with Gasteiger partial charge in [-0.25, -0.2) is 0 Å². The van der Waals surface area contributed by atoms with E-state index in [-0.39, 0.29) is 0 Å². The molecule has 0 radical (unpaired) electrons. The molecule has 2 heterocycles. The molecule has 0 bridgehead atoms. The summed E-state index contributed by atoms with van der Waals surface area (Å²) in [6.07, 6.45) is 6.60. The number of hydrogen-bond donors (Lipinski definition) is 0. The molecule has 60 valence electrons. The fraction of sp³-hybridized carbons (Fsp3) is 1.00. The van der Waals surface area contributed by atoms with E-state index in [0.29, 0.717) is 24.4 Å². The summed E-state index contributed by atoms with van der Waals surface area (Å²) in [4.78, 5) is 0. The first-order valence-electron chi connectivity index (χ1n) is 4.73. The first-order valence-corrected chi connectivity index (χ1v) is 4.73. The van der Waals surface area contributed by atoms with Crippen molar-refractivity contribution in [1.82, 2.24) is 0 Å². The molecule has 0 aromatic rings. The number of ether oxygens (including phenoxy) is 2. The summed E-state index contributed by atoms with van der Waals surface area (Å²) < 4.78 is 11.1. The van der Waals surface area contributed by atoms with Crippen LogP contribution in [0.5, 0.6) is 0 Å². The van der Waals surface area contributed by atoms with Crippen LogP contribution in [0.25, 0.3) is 0 Å². The van der Waals surface area contributed by atoms with Crippen LogP contribution in [0.1, 0.15) is 19.3 Å². The van der Waals surface area contributed by atoms with Gasteiger partial charge in [-0.1, -0.05) is 0 Å². The molecule has 11 heavy (non-hydrogen) atoms. The second kappa shape index (κ2) is 1.50. The van der Waals surface area contributed by atoms with E-state index >= 15 is 0 Å². The quantitative estimate of drug-likeness (QED) is 0.483. The molecule has 2 nitrogen and oxygen atoms in total. The lowest BCUT2D eigenvalue weighted by Gasteiger charge is -2.23. The fourth-order valence-electron chi connectivity index (χ4n) is 3.22. The van der Waals surface area contributed by atoms with E-state index in [2.05, 4.69) is 0 Å². The van der Waals surface area contributed by atoms with Crippen LogP contribution < -0.4 is 0 Å². The first-order chi connectivity index (χ1) is 5.42. The summed E-state index contributed by atoms with van der Waals surface area (Å²) in [5, 5.41) is 0. The van der Waals surface area contributed by atoms with Gasteiger partial charge in [-0.2, -0.15) is 0 Å². The van der Waals surface area contributed by atoms with Gasteiger partial charge in [-0.15, -0.1) is 0 Å². The maximum absolute atomic E-state index is 5.53. The molecule has 6 atom stereocenters. The number of rotatable bonds is 0. The van der Waals surface area contributed by atoms with E-state index in [1.807, 2.05) is 0 Å². The third kappa shape index (κ3) is 0.611. The van der Waals surface area contributed by atoms with Crippen LogP contribution in [0.3, 0.4) is 0 Å². The van der Waals surface area contributed by atoms with E-state index in [4.69, 9.17) is 9.47 Å². The van der Waals surface area contributed by atoms with Gasteiger partial charge in [0.25, 0.3) is 0 Å². The average molecular weight is 152 g/mol. The van der Waals surface area contributed by atoms with Crippen LogP contribution in [-0.4, -0.2) is 24.4 Å². The molecule has 0 unspecified atom stereocenters. The smallest absolute Gasteiger partial charge is 0.0873 e. The Hall–Kier alpha value is -0.0800. The summed E-state index contributed by atoms with van der Waals surface area (Å²) in [7, 11) is 0. The molecule has 2 heteroatoms. The number of epoxide rings is 2. The highest BCUT2D eigenvalue weighted by atomic mass is 16.6. The van der Waals surface area contributed by atoms with Crippen molar-refractivity contribution in [3.63, 3.8) is 0 Å². The number of hydrogen-bond acceptors (Lipinski definition) is 2. The molecular formula is C9H12O2. The van der Waals surface area contributed by atoms with Crippen LogP contribution in [0, 0.1) is 11.8 Å². The van der Waals surface area contributed by atoms with Gasteiger partial charge in [0, 0.05) is 0 Å². The lowest BCUT2D eigenvalue weighted by atomic mass is 9.81. The Bertz CT molecular complexity index is 216. The largest absolute Gasteiger partial charge is 0.370 e. The molecule has 0 N–H and O–H groups in total.